The fourth-order valence-electron chi connectivity index (χ4n) is 2.27. The quantitative estimate of drug-likeness (QED) is 0.829. The average Bonchev–Trinajstić information content (AvgIpc) is 2.85. The lowest BCUT2D eigenvalue weighted by Gasteiger charge is -2.15. The molecule has 2 rings (SSSR count). The molecule has 1 aliphatic rings. The van der Waals surface area contributed by atoms with Crippen molar-refractivity contribution in [2.45, 2.75) is 45.9 Å². The van der Waals surface area contributed by atoms with Crippen LogP contribution in [0, 0.1) is 0 Å². The Balaban J connectivity index is 2.05. The van der Waals surface area contributed by atoms with Gasteiger partial charge in [0.2, 0.25) is 0 Å². The molecule has 0 spiro atoms. The molecule has 0 aliphatic carbocycles. The molecule has 1 unspecified atom stereocenters. The van der Waals surface area contributed by atoms with Crippen LogP contribution in [0.4, 0.5) is 0 Å². The van der Waals surface area contributed by atoms with E-state index in [4.69, 9.17) is 0 Å². The molecule has 1 N–H and O–H groups in total. The van der Waals surface area contributed by atoms with Gasteiger partial charge in [0.25, 0.3) is 0 Å². The van der Waals surface area contributed by atoms with Gasteiger partial charge in [0.15, 0.2) is 0 Å². The Kier molecular flexibility index (Phi) is 3.61. The molecular formula is C12H21N3O. The van der Waals surface area contributed by atoms with E-state index in [9.17, 15) is 5.11 Å². The van der Waals surface area contributed by atoms with Crippen LogP contribution in [0.3, 0.4) is 0 Å². The smallest absolute Gasteiger partial charge is 0.0679 e. The SMILES string of the molecule is CCc1cc(CN2CCC(O)C2)n(CC)n1. The van der Waals surface area contributed by atoms with Crippen LogP contribution in [-0.4, -0.2) is 39.0 Å². The summed E-state index contributed by atoms with van der Waals surface area (Å²) < 4.78 is 2.07. The van der Waals surface area contributed by atoms with Crippen molar-refractivity contribution in [2.75, 3.05) is 13.1 Å². The van der Waals surface area contributed by atoms with Crippen LogP contribution in [0.2, 0.25) is 0 Å². The minimum absolute atomic E-state index is 0.136. The Labute approximate surface area is 96.9 Å². The Morgan fingerprint density at radius 1 is 1.50 bits per heavy atom. The molecule has 0 radical (unpaired) electrons. The van der Waals surface area contributed by atoms with E-state index >= 15 is 0 Å². The normalized spacial score (nSPS) is 21.8. The number of hydrogen-bond acceptors (Lipinski definition) is 3. The first-order chi connectivity index (χ1) is 7.72. The van der Waals surface area contributed by atoms with Gasteiger partial charge in [-0.1, -0.05) is 6.92 Å². The average molecular weight is 223 g/mol. The summed E-state index contributed by atoms with van der Waals surface area (Å²) in [7, 11) is 0. The maximum Gasteiger partial charge on any atom is 0.0679 e. The number of likely N-dealkylation sites (tertiary alicyclic amines) is 1. The predicted octanol–water partition coefficient (Wildman–Crippen LogP) is 1.03. The maximum absolute atomic E-state index is 9.49. The molecule has 16 heavy (non-hydrogen) atoms. The predicted molar refractivity (Wildman–Crippen MR) is 63.2 cm³/mol. The van der Waals surface area contributed by atoms with Crippen molar-refractivity contribution >= 4 is 0 Å². The number of aryl methyl sites for hydroxylation is 2. The van der Waals surface area contributed by atoms with Crippen molar-refractivity contribution in [1.29, 1.82) is 0 Å². The Morgan fingerprint density at radius 2 is 2.31 bits per heavy atom. The lowest BCUT2D eigenvalue weighted by Crippen LogP contribution is -2.23. The molecule has 1 aromatic heterocycles. The van der Waals surface area contributed by atoms with Crippen LogP contribution in [0.15, 0.2) is 6.07 Å². The lowest BCUT2D eigenvalue weighted by atomic mass is 10.3. The van der Waals surface area contributed by atoms with Gasteiger partial charge in [0.05, 0.1) is 17.5 Å². The van der Waals surface area contributed by atoms with E-state index in [1.54, 1.807) is 0 Å². The minimum atomic E-state index is -0.136. The Morgan fingerprint density at radius 3 is 2.88 bits per heavy atom. The third-order valence-corrected chi connectivity index (χ3v) is 3.21. The maximum atomic E-state index is 9.49. The zero-order valence-corrected chi connectivity index (χ0v) is 10.2. The number of hydrogen-bond donors (Lipinski definition) is 1. The number of β-amino-alcohol motifs (C(OH)–C–C–N with tert-alkyl or cyclic N) is 1. The molecule has 1 fully saturated rings. The third-order valence-electron chi connectivity index (χ3n) is 3.21. The second-order valence-corrected chi connectivity index (χ2v) is 4.47. The van der Waals surface area contributed by atoms with E-state index in [0.717, 1.165) is 44.7 Å². The van der Waals surface area contributed by atoms with E-state index in [0.29, 0.717) is 0 Å². The monoisotopic (exact) mass is 223 g/mol. The van der Waals surface area contributed by atoms with Crippen molar-refractivity contribution in [3.05, 3.63) is 17.5 Å². The number of aliphatic hydroxyl groups excluding tert-OH is 1. The van der Waals surface area contributed by atoms with E-state index in [2.05, 4.69) is 34.6 Å². The van der Waals surface area contributed by atoms with Gasteiger partial charge >= 0.3 is 0 Å². The number of nitrogens with zero attached hydrogens (tertiary/aromatic N) is 3. The zero-order chi connectivity index (χ0) is 11.5. The Hall–Kier alpha value is -0.870. The second kappa shape index (κ2) is 4.97. The van der Waals surface area contributed by atoms with Gasteiger partial charge in [-0.15, -0.1) is 0 Å². The highest BCUT2D eigenvalue weighted by atomic mass is 16.3. The largest absolute Gasteiger partial charge is 0.392 e. The van der Waals surface area contributed by atoms with E-state index in [-0.39, 0.29) is 6.10 Å². The first-order valence-electron chi connectivity index (χ1n) is 6.19. The first-order valence-corrected chi connectivity index (χ1v) is 6.19. The summed E-state index contributed by atoms with van der Waals surface area (Å²) in [6.45, 7) is 7.89. The summed E-state index contributed by atoms with van der Waals surface area (Å²) in [6.07, 6.45) is 1.76. The third kappa shape index (κ3) is 2.44. The van der Waals surface area contributed by atoms with Crippen molar-refractivity contribution in [3.8, 4) is 0 Å². The fraction of sp³-hybridized carbons (Fsp3) is 0.750. The molecule has 90 valence electrons. The molecule has 0 saturated carbocycles. The molecule has 0 aromatic carbocycles. The van der Waals surface area contributed by atoms with E-state index in [1.165, 1.54) is 5.69 Å². The lowest BCUT2D eigenvalue weighted by molar-refractivity contribution is 0.174. The molecule has 0 bridgehead atoms. The summed E-state index contributed by atoms with van der Waals surface area (Å²) in [6, 6.07) is 2.19. The van der Waals surface area contributed by atoms with Crippen LogP contribution < -0.4 is 0 Å². The minimum Gasteiger partial charge on any atom is -0.392 e. The van der Waals surface area contributed by atoms with Crippen molar-refractivity contribution in [2.24, 2.45) is 0 Å². The highest BCUT2D eigenvalue weighted by Crippen LogP contribution is 2.14. The van der Waals surface area contributed by atoms with Gasteiger partial charge in [-0.25, -0.2) is 0 Å². The first kappa shape index (κ1) is 11.6. The molecule has 1 saturated heterocycles. The zero-order valence-electron chi connectivity index (χ0n) is 10.2. The topological polar surface area (TPSA) is 41.3 Å². The van der Waals surface area contributed by atoms with Crippen molar-refractivity contribution < 1.29 is 5.11 Å². The van der Waals surface area contributed by atoms with Crippen molar-refractivity contribution in [3.63, 3.8) is 0 Å². The van der Waals surface area contributed by atoms with Gasteiger partial charge in [-0.05, 0) is 25.8 Å². The highest BCUT2D eigenvalue weighted by Gasteiger charge is 2.21. The van der Waals surface area contributed by atoms with Gasteiger partial charge in [0, 0.05) is 26.2 Å². The van der Waals surface area contributed by atoms with Gasteiger partial charge < -0.3 is 5.11 Å². The molecular weight excluding hydrogens is 202 g/mol. The van der Waals surface area contributed by atoms with Gasteiger partial charge in [0.1, 0.15) is 0 Å². The molecule has 1 atom stereocenters. The highest BCUT2D eigenvalue weighted by molar-refractivity contribution is 5.10. The van der Waals surface area contributed by atoms with Gasteiger partial charge in [-0.3, -0.25) is 9.58 Å². The molecule has 1 aromatic rings. The standard InChI is InChI=1S/C12H21N3O/c1-3-10-7-11(15(4-2)13-10)8-14-6-5-12(16)9-14/h7,12,16H,3-6,8-9H2,1-2H3. The van der Waals surface area contributed by atoms with Crippen LogP contribution in [-0.2, 0) is 19.5 Å². The second-order valence-electron chi connectivity index (χ2n) is 4.47. The van der Waals surface area contributed by atoms with Crippen LogP contribution in [0.25, 0.3) is 0 Å². The van der Waals surface area contributed by atoms with E-state index in [1.807, 2.05) is 0 Å². The van der Waals surface area contributed by atoms with E-state index < -0.39 is 0 Å². The number of rotatable bonds is 4. The summed E-state index contributed by atoms with van der Waals surface area (Å²) in [5, 5.41) is 14.0. The van der Waals surface area contributed by atoms with Crippen molar-refractivity contribution in [1.82, 2.24) is 14.7 Å². The molecule has 1 aliphatic heterocycles. The number of aliphatic hydroxyl groups is 1. The van der Waals surface area contributed by atoms with Crippen LogP contribution in [0.1, 0.15) is 31.7 Å². The van der Waals surface area contributed by atoms with Crippen LogP contribution in [0.5, 0.6) is 0 Å². The number of aromatic nitrogens is 2. The summed E-state index contributed by atoms with van der Waals surface area (Å²) in [5.41, 5.74) is 2.44. The summed E-state index contributed by atoms with van der Waals surface area (Å²) in [5.74, 6) is 0. The molecule has 4 nitrogen and oxygen atoms in total. The van der Waals surface area contributed by atoms with Gasteiger partial charge in [-0.2, -0.15) is 5.10 Å². The summed E-state index contributed by atoms with van der Waals surface area (Å²) >= 11 is 0. The Bertz CT molecular complexity index is 348. The van der Waals surface area contributed by atoms with Crippen LogP contribution >= 0.6 is 0 Å². The fourth-order valence-corrected chi connectivity index (χ4v) is 2.27. The summed E-state index contributed by atoms with van der Waals surface area (Å²) in [4.78, 5) is 2.30. The molecule has 4 heteroatoms. The molecule has 2 heterocycles. The molecule has 0 amide bonds.